The number of hydrogen-bond acceptors (Lipinski definition) is 1. The normalized spacial score (nSPS) is 10.4. The standard InChI is InChI=1S/C15H12F4N2O/c1-8-6-9(2-3-10(8)16)7-20-15(22)21-12-5-4-11(17)13(18)14(12)19/h2-6H,7H2,1H3,(H2,20,21,22). The summed E-state index contributed by atoms with van der Waals surface area (Å²) >= 11 is 0. The van der Waals surface area contributed by atoms with E-state index in [1.54, 1.807) is 13.0 Å². The quantitative estimate of drug-likeness (QED) is 0.655. The molecule has 0 aromatic heterocycles. The van der Waals surface area contributed by atoms with E-state index < -0.39 is 29.2 Å². The lowest BCUT2D eigenvalue weighted by Crippen LogP contribution is -2.28. The highest BCUT2D eigenvalue weighted by atomic mass is 19.2. The van der Waals surface area contributed by atoms with Crippen LogP contribution in [-0.2, 0) is 6.54 Å². The highest BCUT2D eigenvalue weighted by Gasteiger charge is 2.15. The Morgan fingerprint density at radius 1 is 1.00 bits per heavy atom. The van der Waals surface area contributed by atoms with Crippen molar-refractivity contribution in [1.82, 2.24) is 5.32 Å². The second kappa shape index (κ2) is 6.46. The van der Waals surface area contributed by atoms with E-state index in [-0.39, 0.29) is 12.4 Å². The number of aryl methyl sites for hydroxylation is 1. The van der Waals surface area contributed by atoms with Gasteiger partial charge in [-0.2, -0.15) is 0 Å². The van der Waals surface area contributed by atoms with Crippen LogP contribution in [-0.4, -0.2) is 6.03 Å². The molecule has 2 amide bonds. The molecular weight excluding hydrogens is 300 g/mol. The van der Waals surface area contributed by atoms with Crippen LogP contribution < -0.4 is 10.6 Å². The molecule has 116 valence electrons. The third-order valence-electron chi connectivity index (χ3n) is 2.96. The summed E-state index contributed by atoms with van der Waals surface area (Å²) in [6.07, 6.45) is 0. The predicted octanol–water partition coefficient (Wildman–Crippen LogP) is 3.87. The first kappa shape index (κ1) is 15.8. The van der Waals surface area contributed by atoms with E-state index in [4.69, 9.17) is 0 Å². The molecule has 22 heavy (non-hydrogen) atoms. The molecule has 0 unspecified atom stereocenters. The number of hydrogen-bond donors (Lipinski definition) is 2. The first-order chi connectivity index (χ1) is 10.4. The molecule has 0 heterocycles. The van der Waals surface area contributed by atoms with Crippen LogP contribution in [0.3, 0.4) is 0 Å². The topological polar surface area (TPSA) is 41.1 Å². The van der Waals surface area contributed by atoms with Crippen LogP contribution in [0, 0.1) is 30.2 Å². The molecule has 0 aliphatic heterocycles. The molecule has 0 radical (unpaired) electrons. The number of urea groups is 1. The Hall–Kier alpha value is -2.57. The van der Waals surface area contributed by atoms with Gasteiger partial charge < -0.3 is 10.6 Å². The fraction of sp³-hybridized carbons (Fsp3) is 0.133. The second-order valence-corrected chi connectivity index (χ2v) is 4.61. The number of carbonyl (C=O) groups is 1. The lowest BCUT2D eigenvalue weighted by Gasteiger charge is -2.09. The molecule has 0 atom stereocenters. The van der Waals surface area contributed by atoms with Gasteiger partial charge in [-0.25, -0.2) is 22.4 Å². The molecule has 0 saturated heterocycles. The van der Waals surface area contributed by atoms with Crippen molar-refractivity contribution in [3.63, 3.8) is 0 Å². The minimum absolute atomic E-state index is 0.0677. The van der Waals surface area contributed by atoms with Crippen molar-refractivity contribution in [2.75, 3.05) is 5.32 Å². The van der Waals surface area contributed by atoms with E-state index in [1.807, 2.05) is 0 Å². The molecule has 0 saturated carbocycles. The SMILES string of the molecule is Cc1cc(CNC(=O)Nc2ccc(F)c(F)c2F)ccc1F. The summed E-state index contributed by atoms with van der Waals surface area (Å²) in [5.74, 6) is -4.85. The Bertz CT molecular complexity index is 719. The van der Waals surface area contributed by atoms with Crippen molar-refractivity contribution < 1.29 is 22.4 Å². The average molecular weight is 312 g/mol. The first-order valence-electron chi connectivity index (χ1n) is 6.32. The Morgan fingerprint density at radius 3 is 2.36 bits per heavy atom. The third kappa shape index (κ3) is 3.55. The van der Waals surface area contributed by atoms with Crippen LogP contribution in [0.1, 0.15) is 11.1 Å². The summed E-state index contributed by atoms with van der Waals surface area (Å²) < 4.78 is 52.3. The number of rotatable bonds is 3. The summed E-state index contributed by atoms with van der Waals surface area (Å²) in [7, 11) is 0. The highest BCUT2D eigenvalue weighted by molar-refractivity contribution is 5.89. The fourth-order valence-corrected chi connectivity index (χ4v) is 1.79. The van der Waals surface area contributed by atoms with Crippen LogP contribution in [0.15, 0.2) is 30.3 Å². The number of amides is 2. The summed E-state index contributed by atoms with van der Waals surface area (Å²) in [6, 6.07) is 5.12. The minimum atomic E-state index is -1.66. The van der Waals surface area contributed by atoms with E-state index in [2.05, 4.69) is 10.6 Å². The average Bonchev–Trinajstić information content (AvgIpc) is 2.49. The number of nitrogens with one attached hydrogen (secondary N) is 2. The largest absolute Gasteiger partial charge is 0.334 e. The van der Waals surface area contributed by atoms with Gasteiger partial charge in [-0.3, -0.25) is 0 Å². The molecule has 2 N–H and O–H groups in total. The van der Waals surface area contributed by atoms with Gasteiger partial charge in [0.25, 0.3) is 0 Å². The van der Waals surface area contributed by atoms with E-state index in [0.29, 0.717) is 17.2 Å². The van der Waals surface area contributed by atoms with Crippen LogP contribution in [0.4, 0.5) is 28.0 Å². The maximum Gasteiger partial charge on any atom is 0.319 e. The number of anilines is 1. The smallest absolute Gasteiger partial charge is 0.319 e. The van der Waals surface area contributed by atoms with Gasteiger partial charge >= 0.3 is 6.03 Å². The Kier molecular flexibility index (Phi) is 4.65. The summed E-state index contributed by atoms with van der Waals surface area (Å²) in [4.78, 5) is 11.6. The Labute approximate surface area is 124 Å². The zero-order valence-electron chi connectivity index (χ0n) is 11.5. The molecule has 0 spiro atoms. The van der Waals surface area contributed by atoms with Gasteiger partial charge in [-0.1, -0.05) is 12.1 Å². The maximum atomic E-state index is 13.4. The van der Waals surface area contributed by atoms with Crippen molar-refractivity contribution in [3.8, 4) is 0 Å². The molecular formula is C15H12F4N2O. The number of carbonyl (C=O) groups excluding carboxylic acids is 1. The van der Waals surface area contributed by atoms with Crippen LogP contribution >= 0.6 is 0 Å². The van der Waals surface area contributed by atoms with Crippen molar-refractivity contribution in [3.05, 3.63) is 64.7 Å². The molecule has 3 nitrogen and oxygen atoms in total. The van der Waals surface area contributed by atoms with Gasteiger partial charge in [-0.05, 0) is 36.2 Å². The van der Waals surface area contributed by atoms with Crippen molar-refractivity contribution in [2.45, 2.75) is 13.5 Å². The van der Waals surface area contributed by atoms with Gasteiger partial charge in [0.05, 0.1) is 5.69 Å². The maximum absolute atomic E-state index is 13.4. The number of benzene rings is 2. The van der Waals surface area contributed by atoms with Gasteiger partial charge in [0.15, 0.2) is 17.5 Å². The molecule has 2 aromatic rings. The zero-order chi connectivity index (χ0) is 16.3. The summed E-state index contributed by atoms with van der Waals surface area (Å²) in [5.41, 5.74) is 0.581. The molecule has 0 aliphatic rings. The molecule has 2 rings (SSSR count). The summed E-state index contributed by atoms with van der Waals surface area (Å²) in [5, 5.41) is 4.47. The monoisotopic (exact) mass is 312 g/mol. The number of halogens is 4. The van der Waals surface area contributed by atoms with E-state index in [0.717, 1.165) is 6.07 Å². The van der Waals surface area contributed by atoms with Gasteiger partial charge in [-0.15, -0.1) is 0 Å². The molecule has 0 bridgehead atoms. The summed E-state index contributed by atoms with van der Waals surface area (Å²) in [6.45, 7) is 1.65. The van der Waals surface area contributed by atoms with Crippen molar-refractivity contribution in [2.24, 2.45) is 0 Å². The van der Waals surface area contributed by atoms with Crippen molar-refractivity contribution in [1.29, 1.82) is 0 Å². The fourth-order valence-electron chi connectivity index (χ4n) is 1.79. The second-order valence-electron chi connectivity index (χ2n) is 4.61. The highest BCUT2D eigenvalue weighted by Crippen LogP contribution is 2.19. The van der Waals surface area contributed by atoms with Gasteiger partial charge in [0.2, 0.25) is 0 Å². The first-order valence-corrected chi connectivity index (χ1v) is 6.32. The van der Waals surface area contributed by atoms with Crippen LogP contribution in [0.5, 0.6) is 0 Å². The van der Waals surface area contributed by atoms with Gasteiger partial charge in [0.1, 0.15) is 5.82 Å². The zero-order valence-corrected chi connectivity index (χ0v) is 11.5. The Morgan fingerprint density at radius 2 is 1.68 bits per heavy atom. The molecule has 7 heteroatoms. The minimum Gasteiger partial charge on any atom is -0.334 e. The van der Waals surface area contributed by atoms with Gasteiger partial charge in [0, 0.05) is 6.54 Å². The van der Waals surface area contributed by atoms with E-state index in [1.165, 1.54) is 12.1 Å². The molecule has 2 aromatic carbocycles. The lowest BCUT2D eigenvalue weighted by atomic mass is 10.1. The van der Waals surface area contributed by atoms with Crippen LogP contribution in [0.2, 0.25) is 0 Å². The van der Waals surface area contributed by atoms with Crippen molar-refractivity contribution >= 4 is 11.7 Å². The van der Waals surface area contributed by atoms with Crippen LogP contribution in [0.25, 0.3) is 0 Å². The third-order valence-corrected chi connectivity index (χ3v) is 2.96. The molecule has 0 fully saturated rings. The van der Waals surface area contributed by atoms with E-state index in [9.17, 15) is 22.4 Å². The predicted molar refractivity (Wildman–Crippen MR) is 73.3 cm³/mol. The lowest BCUT2D eigenvalue weighted by molar-refractivity contribution is 0.251. The van der Waals surface area contributed by atoms with E-state index >= 15 is 0 Å². The molecule has 0 aliphatic carbocycles. The Balaban J connectivity index is 1.99.